The second kappa shape index (κ2) is 8.34. The van der Waals surface area contributed by atoms with Gasteiger partial charge in [-0.3, -0.25) is 4.79 Å². The lowest BCUT2D eigenvalue weighted by Gasteiger charge is -2.06. The quantitative estimate of drug-likeness (QED) is 0.624. The summed E-state index contributed by atoms with van der Waals surface area (Å²) < 4.78 is 0. The number of hydrogen-bond donors (Lipinski definition) is 2. The van der Waals surface area contributed by atoms with Gasteiger partial charge in [0, 0.05) is 10.7 Å². The van der Waals surface area contributed by atoms with E-state index < -0.39 is 0 Å². The van der Waals surface area contributed by atoms with Crippen molar-refractivity contribution in [1.29, 1.82) is 0 Å². The fourth-order valence-electron chi connectivity index (χ4n) is 1.98. The van der Waals surface area contributed by atoms with E-state index in [0.717, 1.165) is 23.4 Å². The van der Waals surface area contributed by atoms with Crippen LogP contribution >= 0.6 is 11.6 Å². The Kier molecular flexibility index (Phi) is 6.18. The molecule has 4 nitrogen and oxygen atoms in total. The van der Waals surface area contributed by atoms with Gasteiger partial charge in [-0.25, -0.2) is 5.43 Å². The molecule has 0 aliphatic heterocycles. The number of carbonyl (C=O) groups excluding carboxylic acids is 1. The molecule has 0 atom stereocenters. The summed E-state index contributed by atoms with van der Waals surface area (Å²) in [5.41, 5.74) is 6.43. The van der Waals surface area contributed by atoms with E-state index in [9.17, 15) is 4.79 Å². The molecule has 5 heteroatoms. The number of benzene rings is 2. The van der Waals surface area contributed by atoms with E-state index in [1.807, 2.05) is 31.2 Å². The predicted octanol–water partition coefficient (Wildman–Crippen LogP) is 3.85. The van der Waals surface area contributed by atoms with E-state index in [1.54, 1.807) is 12.1 Å². The minimum atomic E-state index is -0.204. The summed E-state index contributed by atoms with van der Waals surface area (Å²) in [7, 11) is 0. The van der Waals surface area contributed by atoms with E-state index in [1.165, 1.54) is 5.56 Å². The maximum atomic E-state index is 11.8. The van der Waals surface area contributed by atoms with Gasteiger partial charge >= 0.3 is 0 Å². The zero-order chi connectivity index (χ0) is 16.7. The number of halogens is 1. The Balaban J connectivity index is 1.85. The molecule has 1 amide bonds. The summed E-state index contributed by atoms with van der Waals surface area (Å²) in [4.78, 5) is 11.8. The van der Waals surface area contributed by atoms with Crippen molar-refractivity contribution in [3.05, 3.63) is 64.7 Å². The van der Waals surface area contributed by atoms with Crippen LogP contribution in [-0.4, -0.2) is 18.2 Å². The lowest BCUT2D eigenvalue weighted by Crippen LogP contribution is -2.26. The van der Waals surface area contributed by atoms with Gasteiger partial charge in [0.05, 0.1) is 12.3 Å². The van der Waals surface area contributed by atoms with Crippen LogP contribution in [0.25, 0.3) is 0 Å². The first-order valence-electron chi connectivity index (χ1n) is 7.50. The molecule has 0 saturated heterocycles. The van der Waals surface area contributed by atoms with E-state index in [-0.39, 0.29) is 12.5 Å². The molecule has 0 radical (unpaired) electrons. The summed E-state index contributed by atoms with van der Waals surface area (Å²) in [6.07, 6.45) is 1.00. The van der Waals surface area contributed by atoms with Crippen LogP contribution in [0.5, 0.6) is 0 Å². The molecule has 0 fully saturated rings. The summed E-state index contributed by atoms with van der Waals surface area (Å²) >= 11 is 5.81. The highest BCUT2D eigenvalue weighted by molar-refractivity contribution is 6.30. The van der Waals surface area contributed by atoms with Gasteiger partial charge in [-0.1, -0.05) is 42.8 Å². The van der Waals surface area contributed by atoms with Crippen molar-refractivity contribution in [2.24, 2.45) is 5.10 Å². The predicted molar refractivity (Wildman–Crippen MR) is 96.1 cm³/mol. The first-order valence-corrected chi connectivity index (χ1v) is 7.88. The molecule has 2 aromatic carbocycles. The average molecular weight is 330 g/mol. The van der Waals surface area contributed by atoms with Gasteiger partial charge in [-0.15, -0.1) is 0 Å². The van der Waals surface area contributed by atoms with Gasteiger partial charge in [-0.05, 0) is 48.7 Å². The van der Waals surface area contributed by atoms with Crippen LogP contribution in [0.4, 0.5) is 5.69 Å². The van der Waals surface area contributed by atoms with E-state index in [4.69, 9.17) is 11.6 Å². The highest BCUT2D eigenvalue weighted by atomic mass is 35.5. The van der Waals surface area contributed by atoms with Gasteiger partial charge in [0.1, 0.15) is 0 Å². The number of hydrazone groups is 1. The first-order chi connectivity index (χ1) is 11.1. The van der Waals surface area contributed by atoms with Gasteiger partial charge in [0.25, 0.3) is 5.91 Å². The van der Waals surface area contributed by atoms with Gasteiger partial charge in [-0.2, -0.15) is 5.10 Å². The second-order valence-corrected chi connectivity index (χ2v) is 5.58. The Morgan fingerprint density at radius 2 is 1.74 bits per heavy atom. The molecule has 23 heavy (non-hydrogen) atoms. The molecule has 0 unspecified atom stereocenters. The van der Waals surface area contributed by atoms with Gasteiger partial charge in [0.2, 0.25) is 0 Å². The number of amides is 1. The van der Waals surface area contributed by atoms with Crippen LogP contribution in [-0.2, 0) is 11.2 Å². The minimum Gasteiger partial charge on any atom is -0.376 e. The summed E-state index contributed by atoms with van der Waals surface area (Å²) in [5.74, 6) is -0.204. The Morgan fingerprint density at radius 1 is 1.09 bits per heavy atom. The molecule has 0 aliphatic carbocycles. The Labute approximate surface area is 141 Å². The summed E-state index contributed by atoms with van der Waals surface area (Å²) in [6.45, 7) is 4.13. The Hall–Kier alpha value is -2.33. The van der Waals surface area contributed by atoms with E-state index in [0.29, 0.717) is 5.02 Å². The smallest absolute Gasteiger partial charge is 0.259 e. The van der Waals surface area contributed by atoms with E-state index >= 15 is 0 Å². The third-order valence-corrected chi connectivity index (χ3v) is 3.68. The first kappa shape index (κ1) is 17.0. The molecule has 120 valence electrons. The number of hydrogen-bond acceptors (Lipinski definition) is 3. The van der Waals surface area contributed by atoms with E-state index in [2.05, 4.69) is 34.9 Å². The van der Waals surface area contributed by atoms with Crippen molar-refractivity contribution in [3.8, 4) is 0 Å². The summed E-state index contributed by atoms with van der Waals surface area (Å²) in [5, 5.41) is 7.80. The fraction of sp³-hybridized carbons (Fsp3) is 0.222. The van der Waals surface area contributed by atoms with Crippen molar-refractivity contribution >= 4 is 28.9 Å². The number of aryl methyl sites for hydroxylation is 1. The van der Waals surface area contributed by atoms with Crippen LogP contribution in [0.3, 0.4) is 0 Å². The van der Waals surface area contributed by atoms with Crippen molar-refractivity contribution in [2.45, 2.75) is 20.3 Å². The third-order valence-electron chi connectivity index (χ3n) is 3.43. The van der Waals surface area contributed by atoms with Crippen molar-refractivity contribution in [3.63, 3.8) is 0 Å². The monoisotopic (exact) mass is 329 g/mol. The molecular formula is C18H20ClN3O. The second-order valence-electron chi connectivity index (χ2n) is 5.14. The SMILES string of the molecule is CCc1ccc(/C(C)=N\NC(=O)CNc2ccc(Cl)cc2)cc1. The molecule has 2 rings (SSSR count). The number of rotatable bonds is 6. The van der Waals surface area contributed by atoms with Crippen LogP contribution in [0, 0.1) is 0 Å². The number of nitrogens with one attached hydrogen (secondary N) is 2. The van der Waals surface area contributed by atoms with Gasteiger partial charge in [0.15, 0.2) is 0 Å². The van der Waals surface area contributed by atoms with Crippen molar-refractivity contribution < 1.29 is 4.79 Å². The standard InChI is InChI=1S/C18H20ClN3O/c1-3-14-4-6-15(7-5-14)13(2)21-22-18(23)12-20-17-10-8-16(19)9-11-17/h4-11,20H,3,12H2,1-2H3,(H,22,23)/b21-13-. The maximum Gasteiger partial charge on any atom is 0.259 e. The van der Waals surface area contributed by atoms with Crippen LogP contribution in [0.2, 0.25) is 5.02 Å². The van der Waals surface area contributed by atoms with Crippen molar-refractivity contribution in [2.75, 3.05) is 11.9 Å². The summed E-state index contributed by atoms with van der Waals surface area (Å²) in [6, 6.07) is 15.3. The molecule has 0 heterocycles. The molecular weight excluding hydrogens is 310 g/mol. The van der Waals surface area contributed by atoms with Crippen LogP contribution in [0.1, 0.15) is 25.0 Å². The molecule has 0 bridgehead atoms. The molecule has 0 aromatic heterocycles. The molecule has 0 aliphatic rings. The Bertz CT molecular complexity index is 678. The van der Waals surface area contributed by atoms with Crippen LogP contribution in [0.15, 0.2) is 53.6 Å². The minimum absolute atomic E-state index is 0.146. The van der Waals surface area contributed by atoms with Crippen LogP contribution < -0.4 is 10.7 Å². The lowest BCUT2D eigenvalue weighted by molar-refractivity contribution is -0.119. The lowest BCUT2D eigenvalue weighted by atomic mass is 10.1. The molecule has 0 saturated carbocycles. The molecule has 2 N–H and O–H groups in total. The fourth-order valence-corrected chi connectivity index (χ4v) is 2.11. The zero-order valence-corrected chi connectivity index (χ0v) is 14.0. The molecule has 2 aromatic rings. The normalized spacial score (nSPS) is 11.2. The zero-order valence-electron chi connectivity index (χ0n) is 13.3. The largest absolute Gasteiger partial charge is 0.376 e. The highest BCUT2D eigenvalue weighted by Crippen LogP contribution is 2.12. The number of anilines is 1. The van der Waals surface area contributed by atoms with Crippen molar-refractivity contribution in [1.82, 2.24) is 5.43 Å². The average Bonchev–Trinajstić information content (AvgIpc) is 2.59. The topological polar surface area (TPSA) is 53.5 Å². The number of nitrogens with zero attached hydrogens (tertiary/aromatic N) is 1. The number of carbonyl (C=O) groups is 1. The highest BCUT2D eigenvalue weighted by Gasteiger charge is 2.02. The Morgan fingerprint density at radius 3 is 2.35 bits per heavy atom. The molecule has 0 spiro atoms. The third kappa shape index (κ3) is 5.42. The maximum absolute atomic E-state index is 11.8. The van der Waals surface area contributed by atoms with Gasteiger partial charge < -0.3 is 5.32 Å².